The van der Waals surface area contributed by atoms with Gasteiger partial charge in [0.25, 0.3) is 0 Å². The van der Waals surface area contributed by atoms with Gasteiger partial charge in [0.05, 0.1) is 0 Å². The van der Waals surface area contributed by atoms with Crippen molar-refractivity contribution >= 4 is 11.9 Å². The minimum Gasteiger partial charge on any atom is -0.480 e. The molecule has 2 aliphatic rings. The lowest BCUT2D eigenvalue weighted by atomic mass is 9.80. The smallest absolute Gasteiger partial charge is 0.326 e. The van der Waals surface area contributed by atoms with Gasteiger partial charge in [-0.15, -0.1) is 0 Å². The molecule has 0 aromatic heterocycles. The van der Waals surface area contributed by atoms with Crippen LogP contribution in [0.25, 0.3) is 0 Å². The number of carboxylic acid groups (broad SMARTS) is 1. The average molecular weight is 267 g/mol. The molecule has 108 valence electrons. The molecule has 1 aliphatic carbocycles. The van der Waals surface area contributed by atoms with Crippen LogP contribution < -0.4 is 0 Å². The first-order valence-corrected chi connectivity index (χ1v) is 7.66. The van der Waals surface area contributed by atoms with E-state index in [1.165, 1.54) is 6.42 Å². The fourth-order valence-corrected chi connectivity index (χ4v) is 3.50. The molecule has 4 heteroatoms. The van der Waals surface area contributed by atoms with Crippen LogP contribution in [0.1, 0.15) is 58.3 Å². The molecule has 1 atom stereocenters. The number of rotatable bonds is 3. The summed E-state index contributed by atoms with van der Waals surface area (Å²) in [6.07, 6.45) is 7.81. The van der Waals surface area contributed by atoms with Gasteiger partial charge in [-0.05, 0) is 50.9 Å². The summed E-state index contributed by atoms with van der Waals surface area (Å²) in [7, 11) is 0. The Labute approximate surface area is 115 Å². The van der Waals surface area contributed by atoms with Crippen LogP contribution in [0, 0.1) is 11.8 Å². The van der Waals surface area contributed by atoms with Gasteiger partial charge in [-0.25, -0.2) is 4.79 Å². The number of hydrogen-bond donors (Lipinski definition) is 1. The number of nitrogens with zero attached hydrogens (tertiary/aromatic N) is 1. The lowest BCUT2D eigenvalue weighted by Gasteiger charge is -2.37. The molecule has 0 aromatic carbocycles. The number of likely N-dealkylation sites (tertiary alicyclic amines) is 1. The molecule has 1 saturated carbocycles. The SMILES string of the molecule is CCC1CCC(C(=O)N2CCCCC2C(=O)O)CC1. The van der Waals surface area contributed by atoms with Crippen molar-refractivity contribution in [3.05, 3.63) is 0 Å². The van der Waals surface area contributed by atoms with Crippen LogP contribution in [-0.2, 0) is 9.59 Å². The highest BCUT2D eigenvalue weighted by atomic mass is 16.4. The van der Waals surface area contributed by atoms with Gasteiger partial charge in [-0.2, -0.15) is 0 Å². The Morgan fingerprint density at radius 1 is 1.11 bits per heavy atom. The van der Waals surface area contributed by atoms with Crippen molar-refractivity contribution in [1.29, 1.82) is 0 Å². The molecule has 1 unspecified atom stereocenters. The van der Waals surface area contributed by atoms with E-state index < -0.39 is 12.0 Å². The van der Waals surface area contributed by atoms with Crippen molar-refractivity contribution in [2.24, 2.45) is 11.8 Å². The molecule has 1 N–H and O–H groups in total. The van der Waals surface area contributed by atoms with E-state index in [0.717, 1.165) is 44.4 Å². The standard InChI is InChI=1S/C15H25NO3/c1-2-11-6-8-12(9-7-11)14(17)16-10-4-3-5-13(16)15(18)19/h11-13H,2-10H2,1H3,(H,18,19). The Kier molecular flexibility index (Phi) is 4.83. The molecule has 1 aliphatic heterocycles. The lowest BCUT2D eigenvalue weighted by Crippen LogP contribution is -2.50. The van der Waals surface area contributed by atoms with Crippen LogP contribution in [0.5, 0.6) is 0 Å². The quantitative estimate of drug-likeness (QED) is 0.855. The first-order chi connectivity index (χ1) is 9.13. The Morgan fingerprint density at radius 2 is 1.79 bits per heavy atom. The average Bonchev–Trinajstić information content (AvgIpc) is 2.46. The Bertz CT molecular complexity index is 334. The second-order valence-electron chi connectivity index (χ2n) is 6.01. The lowest BCUT2D eigenvalue weighted by molar-refractivity contribution is -0.154. The van der Waals surface area contributed by atoms with Crippen molar-refractivity contribution in [2.75, 3.05) is 6.54 Å². The van der Waals surface area contributed by atoms with Gasteiger partial charge in [-0.3, -0.25) is 4.79 Å². The normalized spacial score (nSPS) is 32.1. The topological polar surface area (TPSA) is 57.6 Å². The summed E-state index contributed by atoms with van der Waals surface area (Å²) in [5.41, 5.74) is 0. The maximum Gasteiger partial charge on any atom is 0.326 e. The number of carbonyl (C=O) groups excluding carboxylic acids is 1. The van der Waals surface area contributed by atoms with Crippen molar-refractivity contribution in [3.8, 4) is 0 Å². The number of carboxylic acids is 1. The highest BCUT2D eigenvalue weighted by Gasteiger charge is 2.36. The zero-order chi connectivity index (χ0) is 13.8. The molecule has 1 amide bonds. The number of hydrogen-bond acceptors (Lipinski definition) is 2. The van der Waals surface area contributed by atoms with E-state index in [9.17, 15) is 14.7 Å². The van der Waals surface area contributed by atoms with Crippen LogP contribution in [-0.4, -0.2) is 34.5 Å². The van der Waals surface area contributed by atoms with E-state index in [1.54, 1.807) is 4.90 Å². The van der Waals surface area contributed by atoms with Crippen molar-refractivity contribution < 1.29 is 14.7 Å². The predicted octanol–water partition coefficient (Wildman–Crippen LogP) is 2.67. The molecule has 1 heterocycles. The van der Waals surface area contributed by atoms with Crippen LogP contribution in [0.3, 0.4) is 0 Å². The maximum atomic E-state index is 12.5. The molecule has 0 radical (unpaired) electrons. The van der Waals surface area contributed by atoms with E-state index >= 15 is 0 Å². The molecule has 1 saturated heterocycles. The van der Waals surface area contributed by atoms with Crippen LogP contribution >= 0.6 is 0 Å². The van der Waals surface area contributed by atoms with Crippen molar-refractivity contribution in [1.82, 2.24) is 4.90 Å². The number of carbonyl (C=O) groups is 2. The summed E-state index contributed by atoms with van der Waals surface area (Å²) in [5, 5.41) is 9.24. The molecule has 19 heavy (non-hydrogen) atoms. The summed E-state index contributed by atoms with van der Waals surface area (Å²) in [6.45, 7) is 2.83. The molecule has 0 aromatic rings. The van der Waals surface area contributed by atoms with Gasteiger partial charge in [0.2, 0.25) is 5.91 Å². The second-order valence-corrected chi connectivity index (χ2v) is 6.01. The van der Waals surface area contributed by atoms with Crippen molar-refractivity contribution in [2.45, 2.75) is 64.3 Å². The molecule has 4 nitrogen and oxygen atoms in total. The van der Waals surface area contributed by atoms with Gasteiger partial charge in [-0.1, -0.05) is 13.3 Å². The first kappa shape index (κ1) is 14.4. The van der Waals surface area contributed by atoms with Gasteiger partial charge < -0.3 is 10.0 Å². The fourth-order valence-electron chi connectivity index (χ4n) is 3.50. The van der Waals surface area contributed by atoms with E-state index in [4.69, 9.17) is 0 Å². The summed E-state index contributed by atoms with van der Waals surface area (Å²) >= 11 is 0. The molecule has 2 rings (SSSR count). The summed E-state index contributed by atoms with van der Waals surface area (Å²) in [4.78, 5) is 25.4. The number of amides is 1. The summed E-state index contributed by atoms with van der Waals surface area (Å²) < 4.78 is 0. The van der Waals surface area contributed by atoms with E-state index in [0.29, 0.717) is 13.0 Å². The zero-order valence-corrected chi connectivity index (χ0v) is 11.8. The monoisotopic (exact) mass is 267 g/mol. The van der Waals surface area contributed by atoms with Crippen LogP contribution in [0.15, 0.2) is 0 Å². The Hall–Kier alpha value is -1.06. The van der Waals surface area contributed by atoms with Gasteiger partial charge in [0, 0.05) is 12.5 Å². The number of aliphatic carboxylic acids is 1. The zero-order valence-electron chi connectivity index (χ0n) is 11.8. The third-order valence-electron chi connectivity index (χ3n) is 4.84. The number of piperidine rings is 1. The third kappa shape index (κ3) is 3.28. The van der Waals surface area contributed by atoms with Gasteiger partial charge in [0.15, 0.2) is 0 Å². The largest absolute Gasteiger partial charge is 0.480 e. The molecular weight excluding hydrogens is 242 g/mol. The van der Waals surface area contributed by atoms with Crippen molar-refractivity contribution in [3.63, 3.8) is 0 Å². The minimum atomic E-state index is -0.838. The summed E-state index contributed by atoms with van der Waals surface area (Å²) in [5.74, 6) is 0.0976. The molecule has 2 fully saturated rings. The molecule has 0 spiro atoms. The highest BCUT2D eigenvalue weighted by molar-refractivity contribution is 5.85. The Morgan fingerprint density at radius 3 is 2.37 bits per heavy atom. The van der Waals surface area contributed by atoms with Gasteiger partial charge >= 0.3 is 5.97 Å². The van der Waals surface area contributed by atoms with Crippen LogP contribution in [0.4, 0.5) is 0 Å². The first-order valence-electron chi connectivity index (χ1n) is 7.66. The fraction of sp³-hybridized carbons (Fsp3) is 0.867. The summed E-state index contributed by atoms with van der Waals surface area (Å²) in [6, 6.07) is -0.579. The molecular formula is C15H25NO3. The van der Waals surface area contributed by atoms with E-state index in [2.05, 4.69) is 6.92 Å². The molecule has 0 bridgehead atoms. The minimum absolute atomic E-state index is 0.0720. The third-order valence-corrected chi connectivity index (χ3v) is 4.84. The van der Waals surface area contributed by atoms with E-state index in [-0.39, 0.29) is 11.8 Å². The highest BCUT2D eigenvalue weighted by Crippen LogP contribution is 2.33. The van der Waals surface area contributed by atoms with E-state index in [1.807, 2.05) is 0 Å². The maximum absolute atomic E-state index is 12.5. The van der Waals surface area contributed by atoms with Gasteiger partial charge in [0.1, 0.15) is 6.04 Å². The predicted molar refractivity (Wildman–Crippen MR) is 72.7 cm³/mol. The van der Waals surface area contributed by atoms with Crippen LogP contribution in [0.2, 0.25) is 0 Å². The second kappa shape index (κ2) is 6.40. The Balaban J connectivity index is 1.96.